The first-order valence-corrected chi connectivity index (χ1v) is 5.87. The summed E-state index contributed by atoms with van der Waals surface area (Å²) >= 11 is 0. The van der Waals surface area contributed by atoms with Gasteiger partial charge in [-0.2, -0.15) is 0 Å². The molecule has 6 heteroatoms. The number of halogens is 1. The average Bonchev–Trinajstić information content (AvgIpc) is 2.46. The van der Waals surface area contributed by atoms with E-state index >= 15 is 0 Å². The van der Waals surface area contributed by atoms with Crippen LogP contribution in [0.15, 0.2) is 36.4 Å². The van der Waals surface area contributed by atoms with E-state index in [-0.39, 0.29) is 17.8 Å². The molecule has 0 aliphatic carbocycles. The number of hydrogen-bond donors (Lipinski definition) is 2. The Bertz CT molecular complexity index is 632. The lowest BCUT2D eigenvalue weighted by molar-refractivity contribution is 0.0697. The Hall–Kier alpha value is -2.63. The van der Waals surface area contributed by atoms with Crippen LogP contribution in [0, 0.1) is 5.82 Å². The molecule has 0 radical (unpaired) electrons. The zero-order chi connectivity index (χ0) is 14.5. The molecule has 0 spiro atoms. The molecule has 20 heavy (non-hydrogen) atoms. The van der Waals surface area contributed by atoms with Gasteiger partial charge in [0, 0.05) is 6.07 Å². The molecule has 1 aromatic carbocycles. The van der Waals surface area contributed by atoms with Crippen LogP contribution in [-0.2, 0) is 6.54 Å². The highest BCUT2D eigenvalue weighted by molar-refractivity contribution is 5.88. The standard InChI is InChI=1S/C14H13FN2O3/c1-20-13-4-2-3-10(17-13)8-16-12-7-9(14(18)19)5-6-11(12)15/h2-7,16H,8H2,1H3,(H,18,19). The SMILES string of the molecule is COc1cccc(CNc2cc(C(=O)O)ccc2F)n1. The lowest BCUT2D eigenvalue weighted by Crippen LogP contribution is -2.05. The minimum Gasteiger partial charge on any atom is -0.481 e. The van der Waals surface area contributed by atoms with Crippen LogP contribution >= 0.6 is 0 Å². The number of anilines is 1. The fraction of sp³-hybridized carbons (Fsp3) is 0.143. The molecule has 0 aliphatic rings. The Labute approximate surface area is 115 Å². The summed E-state index contributed by atoms with van der Waals surface area (Å²) < 4.78 is 18.6. The van der Waals surface area contributed by atoms with Crippen molar-refractivity contribution in [2.45, 2.75) is 6.54 Å². The third-order valence-electron chi connectivity index (χ3n) is 2.66. The molecule has 0 amide bonds. The van der Waals surface area contributed by atoms with Crippen molar-refractivity contribution >= 4 is 11.7 Å². The maximum Gasteiger partial charge on any atom is 0.335 e. The Morgan fingerprint density at radius 1 is 1.40 bits per heavy atom. The summed E-state index contributed by atoms with van der Waals surface area (Å²) in [5, 5.41) is 11.7. The first kappa shape index (κ1) is 13.8. The number of ether oxygens (including phenoxy) is 1. The number of nitrogens with one attached hydrogen (secondary N) is 1. The molecule has 0 atom stereocenters. The van der Waals surface area contributed by atoms with Crippen molar-refractivity contribution in [1.29, 1.82) is 0 Å². The first-order chi connectivity index (χ1) is 9.60. The lowest BCUT2D eigenvalue weighted by Gasteiger charge is -2.09. The molecule has 2 aromatic rings. The molecule has 0 aliphatic heterocycles. The van der Waals surface area contributed by atoms with Crippen LogP contribution in [0.3, 0.4) is 0 Å². The molecular formula is C14H13FN2O3. The zero-order valence-corrected chi connectivity index (χ0v) is 10.8. The monoisotopic (exact) mass is 276 g/mol. The third kappa shape index (κ3) is 3.23. The number of carbonyl (C=O) groups is 1. The average molecular weight is 276 g/mol. The van der Waals surface area contributed by atoms with Crippen LogP contribution in [-0.4, -0.2) is 23.2 Å². The predicted octanol–water partition coefficient (Wildman–Crippen LogP) is 2.54. The second kappa shape index (κ2) is 6.01. The molecule has 2 rings (SSSR count). The highest BCUT2D eigenvalue weighted by Gasteiger charge is 2.08. The van der Waals surface area contributed by atoms with Crippen molar-refractivity contribution in [1.82, 2.24) is 4.98 Å². The van der Waals surface area contributed by atoms with E-state index in [2.05, 4.69) is 10.3 Å². The Morgan fingerprint density at radius 2 is 2.20 bits per heavy atom. The molecule has 0 saturated heterocycles. The molecule has 2 N–H and O–H groups in total. The summed E-state index contributed by atoms with van der Waals surface area (Å²) in [6.45, 7) is 0.261. The highest BCUT2D eigenvalue weighted by Crippen LogP contribution is 2.17. The van der Waals surface area contributed by atoms with Gasteiger partial charge in [-0.25, -0.2) is 14.2 Å². The van der Waals surface area contributed by atoms with E-state index in [1.165, 1.54) is 19.2 Å². The Morgan fingerprint density at radius 3 is 2.90 bits per heavy atom. The molecule has 0 fully saturated rings. The normalized spacial score (nSPS) is 10.1. The van der Waals surface area contributed by atoms with Crippen LogP contribution in [0.1, 0.15) is 16.1 Å². The van der Waals surface area contributed by atoms with E-state index < -0.39 is 11.8 Å². The molecule has 104 valence electrons. The summed E-state index contributed by atoms with van der Waals surface area (Å²) in [6, 6.07) is 8.81. The van der Waals surface area contributed by atoms with Gasteiger partial charge in [0.15, 0.2) is 0 Å². The number of methoxy groups -OCH3 is 1. The number of hydrogen-bond acceptors (Lipinski definition) is 4. The fourth-order valence-corrected chi connectivity index (χ4v) is 1.65. The molecule has 0 saturated carbocycles. The number of pyridine rings is 1. The maximum atomic E-state index is 13.6. The van der Waals surface area contributed by atoms with Crippen LogP contribution in [0.4, 0.5) is 10.1 Å². The Kier molecular flexibility index (Phi) is 4.14. The molecule has 0 unspecified atom stereocenters. The van der Waals surface area contributed by atoms with Gasteiger partial charge < -0.3 is 15.2 Å². The minimum atomic E-state index is -1.10. The summed E-state index contributed by atoms with van der Waals surface area (Å²) in [4.78, 5) is 15.0. The second-order valence-corrected chi connectivity index (χ2v) is 4.02. The van der Waals surface area contributed by atoms with E-state index in [9.17, 15) is 9.18 Å². The summed E-state index contributed by atoms with van der Waals surface area (Å²) in [7, 11) is 1.51. The van der Waals surface area contributed by atoms with Crippen LogP contribution < -0.4 is 10.1 Å². The van der Waals surface area contributed by atoms with E-state index in [4.69, 9.17) is 9.84 Å². The van der Waals surface area contributed by atoms with Gasteiger partial charge >= 0.3 is 5.97 Å². The van der Waals surface area contributed by atoms with Gasteiger partial charge in [-0.3, -0.25) is 0 Å². The fourth-order valence-electron chi connectivity index (χ4n) is 1.65. The molecule has 0 bridgehead atoms. The largest absolute Gasteiger partial charge is 0.481 e. The topological polar surface area (TPSA) is 71.5 Å². The number of carboxylic acid groups (broad SMARTS) is 1. The van der Waals surface area contributed by atoms with Gasteiger partial charge in [0.25, 0.3) is 0 Å². The predicted molar refractivity (Wildman–Crippen MR) is 71.5 cm³/mol. The van der Waals surface area contributed by atoms with Crippen molar-refractivity contribution in [3.05, 3.63) is 53.5 Å². The molecule has 5 nitrogen and oxygen atoms in total. The van der Waals surface area contributed by atoms with E-state index in [0.29, 0.717) is 11.6 Å². The summed E-state index contributed by atoms with van der Waals surface area (Å²) in [5.41, 5.74) is 0.798. The van der Waals surface area contributed by atoms with Gasteiger partial charge in [-0.05, 0) is 24.3 Å². The van der Waals surface area contributed by atoms with Gasteiger partial charge in [0.1, 0.15) is 5.82 Å². The number of benzene rings is 1. The number of aromatic carboxylic acids is 1. The number of nitrogens with zero attached hydrogens (tertiary/aromatic N) is 1. The second-order valence-electron chi connectivity index (χ2n) is 4.02. The Balaban J connectivity index is 2.13. The number of aromatic nitrogens is 1. The van der Waals surface area contributed by atoms with Crippen molar-refractivity contribution < 1.29 is 19.0 Å². The van der Waals surface area contributed by atoms with Gasteiger partial charge in [-0.15, -0.1) is 0 Å². The van der Waals surface area contributed by atoms with Crippen LogP contribution in [0.2, 0.25) is 0 Å². The quantitative estimate of drug-likeness (QED) is 0.878. The van der Waals surface area contributed by atoms with E-state index in [1.54, 1.807) is 18.2 Å². The van der Waals surface area contributed by atoms with Crippen molar-refractivity contribution in [2.75, 3.05) is 12.4 Å². The highest BCUT2D eigenvalue weighted by atomic mass is 19.1. The maximum absolute atomic E-state index is 13.6. The number of carboxylic acids is 1. The minimum absolute atomic E-state index is 0.0208. The summed E-state index contributed by atoms with van der Waals surface area (Å²) in [6.07, 6.45) is 0. The van der Waals surface area contributed by atoms with Gasteiger partial charge in [-0.1, -0.05) is 6.07 Å². The third-order valence-corrected chi connectivity index (χ3v) is 2.66. The first-order valence-electron chi connectivity index (χ1n) is 5.87. The lowest BCUT2D eigenvalue weighted by atomic mass is 10.2. The number of rotatable bonds is 5. The van der Waals surface area contributed by atoms with E-state index in [1.807, 2.05) is 0 Å². The zero-order valence-electron chi connectivity index (χ0n) is 10.8. The smallest absolute Gasteiger partial charge is 0.335 e. The van der Waals surface area contributed by atoms with Gasteiger partial charge in [0.2, 0.25) is 5.88 Å². The molecule has 1 heterocycles. The van der Waals surface area contributed by atoms with Crippen LogP contribution in [0.5, 0.6) is 5.88 Å². The van der Waals surface area contributed by atoms with Crippen molar-refractivity contribution in [3.8, 4) is 5.88 Å². The molecule has 1 aromatic heterocycles. The molecular weight excluding hydrogens is 263 g/mol. The van der Waals surface area contributed by atoms with Crippen LogP contribution in [0.25, 0.3) is 0 Å². The summed E-state index contributed by atoms with van der Waals surface area (Å²) in [5.74, 6) is -1.16. The van der Waals surface area contributed by atoms with Gasteiger partial charge in [0.05, 0.1) is 30.6 Å². The van der Waals surface area contributed by atoms with Crippen molar-refractivity contribution in [2.24, 2.45) is 0 Å². The van der Waals surface area contributed by atoms with E-state index in [0.717, 1.165) is 6.07 Å². The van der Waals surface area contributed by atoms with Crippen molar-refractivity contribution in [3.63, 3.8) is 0 Å².